The van der Waals surface area contributed by atoms with E-state index in [4.69, 9.17) is 23.2 Å². The Morgan fingerprint density at radius 3 is 2.72 bits per heavy atom. The molecule has 0 saturated carbocycles. The van der Waals surface area contributed by atoms with Crippen LogP contribution in [0.3, 0.4) is 0 Å². The van der Waals surface area contributed by atoms with Crippen LogP contribution in [0.2, 0.25) is 10.0 Å². The first kappa shape index (κ1) is 17.8. The maximum absolute atomic E-state index is 12.5. The van der Waals surface area contributed by atoms with Gasteiger partial charge in [-0.2, -0.15) is 4.37 Å². The van der Waals surface area contributed by atoms with Crippen molar-refractivity contribution < 1.29 is 14.4 Å². The Hall–Kier alpha value is -1.96. The molecule has 1 aromatic heterocycles. The summed E-state index contributed by atoms with van der Waals surface area (Å²) in [6, 6.07) is 6.66. The summed E-state index contributed by atoms with van der Waals surface area (Å²) in [6.45, 7) is 1.86. The maximum Gasteiger partial charge on any atom is 0.245 e. The zero-order chi connectivity index (χ0) is 18.1. The molecule has 9 heteroatoms. The fraction of sp³-hybridized carbons (Fsp3) is 0.250. The van der Waals surface area contributed by atoms with E-state index in [9.17, 15) is 14.4 Å². The maximum atomic E-state index is 12.5. The highest BCUT2D eigenvalue weighted by atomic mass is 35.5. The lowest BCUT2D eigenvalue weighted by atomic mass is 10.1. The first-order valence-corrected chi connectivity index (χ1v) is 8.87. The van der Waals surface area contributed by atoms with Crippen LogP contribution in [0.25, 0.3) is 0 Å². The highest BCUT2D eigenvalue weighted by molar-refractivity contribution is 7.10. The Morgan fingerprint density at radius 2 is 2.08 bits per heavy atom. The van der Waals surface area contributed by atoms with Gasteiger partial charge in [0.1, 0.15) is 5.00 Å². The van der Waals surface area contributed by atoms with Crippen LogP contribution in [0.15, 0.2) is 24.3 Å². The Morgan fingerprint density at radius 1 is 1.32 bits per heavy atom. The average Bonchev–Trinajstić information content (AvgIpc) is 3.06. The number of hydrogen-bond acceptors (Lipinski definition) is 5. The summed E-state index contributed by atoms with van der Waals surface area (Å²) in [4.78, 5) is 38.3. The minimum Gasteiger partial charge on any atom is -0.330 e. The summed E-state index contributed by atoms with van der Waals surface area (Å²) in [5.74, 6) is -2.90. The second kappa shape index (κ2) is 7.11. The predicted molar refractivity (Wildman–Crippen MR) is 95.9 cm³/mol. The fourth-order valence-corrected chi connectivity index (χ4v) is 3.53. The lowest BCUT2D eigenvalue weighted by molar-refractivity contribution is -0.138. The molecule has 6 nitrogen and oxygen atoms in total. The van der Waals surface area contributed by atoms with Gasteiger partial charge in [-0.1, -0.05) is 29.3 Å². The number of nitrogens with zero attached hydrogens (tertiary/aromatic N) is 2. The average molecular weight is 398 g/mol. The largest absolute Gasteiger partial charge is 0.330 e. The van der Waals surface area contributed by atoms with Gasteiger partial charge in [-0.05, 0) is 42.2 Å². The van der Waals surface area contributed by atoms with Gasteiger partial charge in [-0.3, -0.25) is 14.4 Å². The summed E-state index contributed by atoms with van der Waals surface area (Å²) in [6.07, 6.45) is 0. The molecule has 1 saturated heterocycles. The van der Waals surface area contributed by atoms with Gasteiger partial charge in [0.15, 0.2) is 11.7 Å². The Labute approximate surface area is 157 Å². The van der Waals surface area contributed by atoms with E-state index in [0.29, 0.717) is 15.0 Å². The number of benzene rings is 1. The number of aromatic nitrogens is 1. The minimum absolute atomic E-state index is 0.112. The number of aryl methyl sites for hydroxylation is 1. The van der Waals surface area contributed by atoms with E-state index in [1.54, 1.807) is 31.2 Å². The van der Waals surface area contributed by atoms with Gasteiger partial charge in [-0.25, -0.2) is 0 Å². The standard InChI is InChI=1S/C16H13Cl2N3O3S/c1-8-4-13(25-20-8)19-15(23)14-12(22)7-21(16(14)24)6-9-2-3-10(17)11(18)5-9/h2-5,14H,6-7H2,1H3,(H,19,23). The molecule has 25 heavy (non-hydrogen) atoms. The number of likely N-dealkylation sites (tertiary alicyclic amines) is 1. The van der Waals surface area contributed by atoms with Crippen LogP contribution in [0, 0.1) is 12.8 Å². The van der Waals surface area contributed by atoms with Crippen LogP contribution in [0.5, 0.6) is 0 Å². The van der Waals surface area contributed by atoms with Crippen molar-refractivity contribution in [3.63, 3.8) is 0 Å². The third-order valence-corrected chi connectivity index (χ3v) is 5.26. The molecule has 1 unspecified atom stereocenters. The van der Waals surface area contributed by atoms with Gasteiger partial charge >= 0.3 is 0 Å². The van der Waals surface area contributed by atoms with Gasteiger partial charge in [0.25, 0.3) is 0 Å². The smallest absolute Gasteiger partial charge is 0.245 e. The second-order valence-corrected chi connectivity index (χ2v) is 7.28. The van der Waals surface area contributed by atoms with Gasteiger partial charge < -0.3 is 10.2 Å². The molecule has 1 N–H and O–H groups in total. The second-order valence-electron chi connectivity index (χ2n) is 5.66. The number of nitrogens with one attached hydrogen (secondary N) is 1. The number of Topliss-reactive ketones (excluding diaryl/α,β-unsaturated/α-hetero) is 1. The molecule has 2 amide bonds. The summed E-state index contributed by atoms with van der Waals surface area (Å²) < 4.78 is 4.04. The zero-order valence-corrected chi connectivity index (χ0v) is 15.4. The number of hydrogen-bond donors (Lipinski definition) is 1. The molecule has 0 bridgehead atoms. The van der Waals surface area contributed by atoms with Crippen molar-refractivity contribution in [2.45, 2.75) is 13.5 Å². The molecule has 1 aromatic carbocycles. The monoisotopic (exact) mass is 397 g/mol. The molecule has 1 aliphatic heterocycles. The lowest BCUT2D eigenvalue weighted by Gasteiger charge is -2.16. The normalized spacial score (nSPS) is 17.2. The Bertz CT molecular complexity index is 868. The first-order valence-electron chi connectivity index (χ1n) is 7.35. The molecule has 1 aliphatic rings. The van der Waals surface area contributed by atoms with Gasteiger partial charge in [0.05, 0.1) is 22.3 Å². The first-order chi connectivity index (χ1) is 11.8. The molecule has 0 spiro atoms. The van der Waals surface area contributed by atoms with Crippen LogP contribution in [0.1, 0.15) is 11.3 Å². The van der Waals surface area contributed by atoms with Crippen molar-refractivity contribution in [1.82, 2.24) is 9.27 Å². The molecule has 130 valence electrons. The molecule has 3 rings (SSSR count). The van der Waals surface area contributed by atoms with Gasteiger partial charge in [-0.15, -0.1) is 0 Å². The van der Waals surface area contributed by atoms with E-state index < -0.39 is 23.5 Å². The van der Waals surface area contributed by atoms with Crippen molar-refractivity contribution in [3.8, 4) is 0 Å². The molecule has 1 atom stereocenters. The zero-order valence-electron chi connectivity index (χ0n) is 13.1. The van der Waals surface area contributed by atoms with Crippen LogP contribution in [0.4, 0.5) is 5.00 Å². The summed E-state index contributed by atoms with van der Waals surface area (Å²) in [5.41, 5.74) is 1.49. The molecule has 0 aliphatic carbocycles. The predicted octanol–water partition coefficient (Wildman–Crippen LogP) is 2.92. The number of amides is 2. The highest BCUT2D eigenvalue weighted by Crippen LogP contribution is 2.25. The number of rotatable bonds is 4. The Kier molecular flexibility index (Phi) is 5.08. The molecule has 0 radical (unpaired) electrons. The van der Waals surface area contributed by atoms with E-state index >= 15 is 0 Å². The SMILES string of the molecule is Cc1cc(NC(=O)C2C(=O)CN(Cc3ccc(Cl)c(Cl)c3)C2=O)sn1. The minimum atomic E-state index is -1.33. The number of ketones is 1. The van der Waals surface area contributed by atoms with Crippen molar-refractivity contribution >= 4 is 57.3 Å². The quantitative estimate of drug-likeness (QED) is 0.804. The molecular formula is C16H13Cl2N3O3S. The lowest BCUT2D eigenvalue weighted by Crippen LogP contribution is -2.34. The van der Waals surface area contributed by atoms with Crippen LogP contribution in [-0.4, -0.2) is 33.4 Å². The molecule has 2 aromatic rings. The number of anilines is 1. The summed E-state index contributed by atoms with van der Waals surface area (Å²) in [7, 11) is 0. The molecule has 2 heterocycles. The highest BCUT2D eigenvalue weighted by Gasteiger charge is 2.44. The Balaban J connectivity index is 1.71. The van der Waals surface area contributed by atoms with Crippen molar-refractivity contribution in [2.24, 2.45) is 5.92 Å². The van der Waals surface area contributed by atoms with Crippen LogP contribution in [-0.2, 0) is 20.9 Å². The van der Waals surface area contributed by atoms with E-state index in [2.05, 4.69) is 9.69 Å². The number of halogens is 2. The van der Waals surface area contributed by atoms with Gasteiger partial charge in [0.2, 0.25) is 11.8 Å². The topological polar surface area (TPSA) is 79.4 Å². The number of carbonyl (C=O) groups is 3. The van der Waals surface area contributed by atoms with E-state index in [1.165, 1.54) is 4.90 Å². The summed E-state index contributed by atoms with van der Waals surface area (Å²) in [5, 5.41) is 3.86. The van der Waals surface area contributed by atoms with Crippen LogP contribution >= 0.6 is 34.7 Å². The van der Waals surface area contributed by atoms with E-state index in [1.807, 2.05) is 0 Å². The van der Waals surface area contributed by atoms with Gasteiger partial charge in [0, 0.05) is 6.54 Å². The van der Waals surface area contributed by atoms with Crippen molar-refractivity contribution in [1.29, 1.82) is 0 Å². The third kappa shape index (κ3) is 3.84. The van der Waals surface area contributed by atoms with Crippen LogP contribution < -0.4 is 5.32 Å². The van der Waals surface area contributed by atoms with E-state index in [-0.39, 0.29) is 13.1 Å². The molecule has 1 fully saturated rings. The van der Waals surface area contributed by atoms with Crippen molar-refractivity contribution in [3.05, 3.63) is 45.6 Å². The number of carbonyl (C=O) groups excluding carboxylic acids is 3. The third-order valence-electron chi connectivity index (χ3n) is 3.72. The summed E-state index contributed by atoms with van der Waals surface area (Å²) >= 11 is 12.9. The van der Waals surface area contributed by atoms with Crippen molar-refractivity contribution in [2.75, 3.05) is 11.9 Å². The fourth-order valence-electron chi connectivity index (χ4n) is 2.54. The van der Waals surface area contributed by atoms with E-state index in [0.717, 1.165) is 22.8 Å². The molecular weight excluding hydrogens is 385 g/mol.